The standard InChI is InChI=1S/C11H22O/c1-4-9(2)11(3)8-6-5-7-10(11)12/h9-10,12H,4-8H2,1-3H3. The van der Waals surface area contributed by atoms with E-state index >= 15 is 0 Å². The van der Waals surface area contributed by atoms with Crippen molar-refractivity contribution in [3.05, 3.63) is 0 Å². The van der Waals surface area contributed by atoms with Gasteiger partial charge in [0.05, 0.1) is 6.10 Å². The van der Waals surface area contributed by atoms with Crippen molar-refractivity contribution in [3.63, 3.8) is 0 Å². The molecule has 12 heavy (non-hydrogen) atoms. The lowest BCUT2D eigenvalue weighted by atomic mass is 9.65. The van der Waals surface area contributed by atoms with Gasteiger partial charge in [0.15, 0.2) is 0 Å². The van der Waals surface area contributed by atoms with Crippen molar-refractivity contribution in [3.8, 4) is 0 Å². The zero-order valence-corrected chi connectivity index (χ0v) is 8.64. The first-order valence-corrected chi connectivity index (χ1v) is 5.29. The Kier molecular flexibility index (Phi) is 3.16. The van der Waals surface area contributed by atoms with Crippen molar-refractivity contribution in [1.82, 2.24) is 0 Å². The van der Waals surface area contributed by atoms with E-state index in [1.807, 2.05) is 0 Å². The number of rotatable bonds is 2. The van der Waals surface area contributed by atoms with Gasteiger partial charge in [0, 0.05) is 0 Å². The van der Waals surface area contributed by atoms with Crippen molar-refractivity contribution in [2.24, 2.45) is 11.3 Å². The Morgan fingerprint density at radius 2 is 2.17 bits per heavy atom. The molecule has 0 aromatic carbocycles. The van der Waals surface area contributed by atoms with Crippen LogP contribution in [0.2, 0.25) is 0 Å². The first-order valence-electron chi connectivity index (χ1n) is 5.29. The summed E-state index contributed by atoms with van der Waals surface area (Å²) in [5.41, 5.74) is 0.201. The van der Waals surface area contributed by atoms with Crippen LogP contribution in [0.25, 0.3) is 0 Å². The van der Waals surface area contributed by atoms with E-state index in [1.54, 1.807) is 0 Å². The van der Waals surface area contributed by atoms with Crippen LogP contribution in [0.15, 0.2) is 0 Å². The molecule has 72 valence electrons. The Bertz CT molecular complexity index is 138. The van der Waals surface area contributed by atoms with E-state index in [4.69, 9.17) is 0 Å². The molecule has 0 aromatic heterocycles. The molecule has 1 rings (SSSR count). The molecular weight excluding hydrogens is 148 g/mol. The van der Waals surface area contributed by atoms with Gasteiger partial charge in [-0.3, -0.25) is 0 Å². The van der Waals surface area contributed by atoms with Crippen LogP contribution in [-0.4, -0.2) is 11.2 Å². The second kappa shape index (κ2) is 3.78. The Morgan fingerprint density at radius 1 is 1.50 bits per heavy atom. The maximum atomic E-state index is 9.93. The summed E-state index contributed by atoms with van der Waals surface area (Å²) in [5.74, 6) is 0.660. The molecule has 0 bridgehead atoms. The van der Waals surface area contributed by atoms with Crippen LogP contribution in [-0.2, 0) is 0 Å². The van der Waals surface area contributed by atoms with Crippen LogP contribution in [0, 0.1) is 11.3 Å². The van der Waals surface area contributed by atoms with Gasteiger partial charge in [-0.1, -0.05) is 40.0 Å². The summed E-state index contributed by atoms with van der Waals surface area (Å²) in [6.07, 6.45) is 5.88. The zero-order chi connectivity index (χ0) is 9.19. The maximum Gasteiger partial charge on any atom is 0.0596 e. The van der Waals surface area contributed by atoms with Gasteiger partial charge in [-0.15, -0.1) is 0 Å². The summed E-state index contributed by atoms with van der Waals surface area (Å²) in [6.45, 7) is 6.75. The fourth-order valence-electron chi connectivity index (χ4n) is 2.38. The van der Waals surface area contributed by atoms with Gasteiger partial charge in [-0.2, -0.15) is 0 Å². The number of hydrogen-bond acceptors (Lipinski definition) is 1. The topological polar surface area (TPSA) is 20.2 Å². The van der Waals surface area contributed by atoms with Gasteiger partial charge in [-0.05, 0) is 24.2 Å². The van der Waals surface area contributed by atoms with Crippen LogP contribution in [0.5, 0.6) is 0 Å². The molecule has 3 unspecified atom stereocenters. The van der Waals surface area contributed by atoms with Crippen LogP contribution < -0.4 is 0 Å². The summed E-state index contributed by atoms with van der Waals surface area (Å²) in [4.78, 5) is 0. The van der Waals surface area contributed by atoms with E-state index in [1.165, 1.54) is 25.7 Å². The highest BCUT2D eigenvalue weighted by Crippen LogP contribution is 2.43. The van der Waals surface area contributed by atoms with Crippen molar-refractivity contribution >= 4 is 0 Å². The number of hydrogen-bond donors (Lipinski definition) is 1. The highest BCUT2D eigenvalue weighted by atomic mass is 16.3. The Balaban J connectivity index is 2.65. The number of aliphatic hydroxyl groups is 1. The zero-order valence-electron chi connectivity index (χ0n) is 8.64. The smallest absolute Gasteiger partial charge is 0.0596 e. The lowest BCUT2D eigenvalue weighted by Gasteiger charge is -2.43. The summed E-state index contributed by atoms with van der Waals surface area (Å²) in [7, 11) is 0. The van der Waals surface area contributed by atoms with Crippen molar-refractivity contribution in [1.29, 1.82) is 0 Å². The maximum absolute atomic E-state index is 9.93. The van der Waals surface area contributed by atoms with Gasteiger partial charge < -0.3 is 5.11 Å². The largest absolute Gasteiger partial charge is 0.393 e. The van der Waals surface area contributed by atoms with Gasteiger partial charge in [0.1, 0.15) is 0 Å². The quantitative estimate of drug-likeness (QED) is 0.675. The van der Waals surface area contributed by atoms with Gasteiger partial charge >= 0.3 is 0 Å². The Morgan fingerprint density at radius 3 is 2.67 bits per heavy atom. The molecule has 0 amide bonds. The minimum Gasteiger partial charge on any atom is -0.393 e. The predicted molar refractivity (Wildman–Crippen MR) is 52.0 cm³/mol. The fraction of sp³-hybridized carbons (Fsp3) is 1.00. The minimum atomic E-state index is -0.0544. The van der Waals surface area contributed by atoms with E-state index in [-0.39, 0.29) is 11.5 Å². The molecule has 1 heteroatoms. The van der Waals surface area contributed by atoms with Crippen LogP contribution in [0.4, 0.5) is 0 Å². The second-order valence-electron chi connectivity index (χ2n) is 4.58. The van der Waals surface area contributed by atoms with Crippen LogP contribution >= 0.6 is 0 Å². The lowest BCUT2D eigenvalue weighted by Crippen LogP contribution is -2.40. The average molecular weight is 170 g/mol. The van der Waals surface area contributed by atoms with Crippen LogP contribution in [0.3, 0.4) is 0 Å². The highest BCUT2D eigenvalue weighted by Gasteiger charge is 2.38. The third-order valence-electron chi connectivity index (χ3n) is 3.94. The molecule has 3 atom stereocenters. The molecule has 0 aliphatic heterocycles. The van der Waals surface area contributed by atoms with Gasteiger partial charge in [0.2, 0.25) is 0 Å². The summed E-state index contributed by atoms with van der Waals surface area (Å²) in [5, 5.41) is 9.93. The molecular formula is C11H22O. The Hall–Kier alpha value is -0.0400. The van der Waals surface area contributed by atoms with Crippen molar-refractivity contribution < 1.29 is 5.11 Å². The van der Waals surface area contributed by atoms with Crippen LogP contribution in [0.1, 0.15) is 52.9 Å². The van der Waals surface area contributed by atoms with Gasteiger partial charge in [0.25, 0.3) is 0 Å². The molecule has 0 spiro atoms. The van der Waals surface area contributed by atoms with E-state index in [2.05, 4.69) is 20.8 Å². The predicted octanol–water partition coefficient (Wildman–Crippen LogP) is 2.97. The molecule has 1 saturated carbocycles. The molecule has 1 nitrogen and oxygen atoms in total. The monoisotopic (exact) mass is 170 g/mol. The third-order valence-corrected chi connectivity index (χ3v) is 3.94. The average Bonchev–Trinajstić information content (AvgIpc) is 2.09. The van der Waals surface area contributed by atoms with E-state index in [9.17, 15) is 5.11 Å². The van der Waals surface area contributed by atoms with E-state index in [0.29, 0.717) is 5.92 Å². The molecule has 1 fully saturated rings. The molecule has 0 heterocycles. The Labute approximate surface area is 76.2 Å². The molecule has 0 saturated heterocycles. The molecule has 0 aromatic rings. The first-order chi connectivity index (χ1) is 5.61. The molecule has 1 aliphatic rings. The molecule has 0 radical (unpaired) electrons. The normalized spacial score (nSPS) is 39.5. The summed E-state index contributed by atoms with van der Waals surface area (Å²) in [6, 6.07) is 0. The first kappa shape index (κ1) is 10.0. The minimum absolute atomic E-state index is 0.0544. The lowest BCUT2D eigenvalue weighted by molar-refractivity contribution is -0.0362. The molecule has 1 aliphatic carbocycles. The van der Waals surface area contributed by atoms with E-state index in [0.717, 1.165) is 6.42 Å². The summed E-state index contributed by atoms with van der Waals surface area (Å²) < 4.78 is 0. The fourth-order valence-corrected chi connectivity index (χ4v) is 2.38. The SMILES string of the molecule is CCC(C)C1(C)CCCCC1O. The van der Waals surface area contributed by atoms with Crippen molar-refractivity contribution in [2.75, 3.05) is 0 Å². The number of aliphatic hydroxyl groups excluding tert-OH is 1. The third kappa shape index (κ3) is 1.66. The second-order valence-corrected chi connectivity index (χ2v) is 4.58. The molecule has 1 N–H and O–H groups in total. The van der Waals surface area contributed by atoms with Gasteiger partial charge in [-0.25, -0.2) is 0 Å². The van der Waals surface area contributed by atoms with E-state index < -0.39 is 0 Å². The van der Waals surface area contributed by atoms with Crippen molar-refractivity contribution in [2.45, 2.75) is 59.0 Å². The highest BCUT2D eigenvalue weighted by molar-refractivity contribution is 4.89. The summed E-state index contributed by atoms with van der Waals surface area (Å²) >= 11 is 0.